The standard InChI is InChI=1S/C12H22O4/c1-7-12(8-2,10(14)16-6)11(3,4)9(13)15-5/h7-8H2,1-6H3. The van der Waals surface area contributed by atoms with Crippen LogP contribution in [0.5, 0.6) is 0 Å². The Morgan fingerprint density at radius 2 is 1.31 bits per heavy atom. The zero-order chi connectivity index (χ0) is 13.0. The van der Waals surface area contributed by atoms with Gasteiger partial charge in [-0.15, -0.1) is 0 Å². The fourth-order valence-electron chi connectivity index (χ4n) is 2.32. The lowest BCUT2D eigenvalue weighted by Gasteiger charge is -2.41. The molecule has 0 aliphatic heterocycles. The third-order valence-electron chi connectivity index (χ3n) is 3.68. The minimum Gasteiger partial charge on any atom is -0.469 e. The van der Waals surface area contributed by atoms with Gasteiger partial charge in [0.2, 0.25) is 0 Å². The van der Waals surface area contributed by atoms with Crippen LogP contribution in [0.2, 0.25) is 0 Å². The second kappa shape index (κ2) is 5.32. The summed E-state index contributed by atoms with van der Waals surface area (Å²) in [6, 6.07) is 0. The van der Waals surface area contributed by atoms with Gasteiger partial charge in [0.15, 0.2) is 0 Å². The van der Waals surface area contributed by atoms with Crippen LogP contribution in [-0.4, -0.2) is 26.2 Å². The van der Waals surface area contributed by atoms with Crippen molar-refractivity contribution in [1.29, 1.82) is 0 Å². The van der Waals surface area contributed by atoms with Crippen LogP contribution in [-0.2, 0) is 19.1 Å². The van der Waals surface area contributed by atoms with Crippen LogP contribution in [0.3, 0.4) is 0 Å². The van der Waals surface area contributed by atoms with Crippen molar-refractivity contribution >= 4 is 11.9 Å². The minimum absolute atomic E-state index is 0.354. The molecule has 0 aromatic rings. The summed E-state index contributed by atoms with van der Waals surface area (Å²) in [6.45, 7) is 7.21. The van der Waals surface area contributed by atoms with E-state index in [0.717, 1.165) is 0 Å². The Morgan fingerprint density at radius 1 is 0.938 bits per heavy atom. The lowest BCUT2D eigenvalue weighted by Crippen LogP contribution is -2.49. The van der Waals surface area contributed by atoms with Crippen LogP contribution in [0.4, 0.5) is 0 Å². The quantitative estimate of drug-likeness (QED) is 0.679. The summed E-state index contributed by atoms with van der Waals surface area (Å²) in [5, 5.41) is 0. The van der Waals surface area contributed by atoms with Crippen molar-refractivity contribution in [3.05, 3.63) is 0 Å². The summed E-state index contributed by atoms with van der Waals surface area (Å²) >= 11 is 0. The number of carbonyl (C=O) groups is 2. The lowest BCUT2D eigenvalue weighted by atomic mass is 9.62. The Hall–Kier alpha value is -1.06. The maximum absolute atomic E-state index is 11.9. The molecule has 0 saturated heterocycles. The summed E-state index contributed by atoms with van der Waals surface area (Å²) in [6.07, 6.45) is 1.08. The monoisotopic (exact) mass is 230 g/mol. The van der Waals surface area contributed by atoms with E-state index in [0.29, 0.717) is 12.8 Å². The number of esters is 2. The number of rotatable bonds is 5. The molecule has 4 nitrogen and oxygen atoms in total. The predicted molar refractivity (Wildman–Crippen MR) is 60.8 cm³/mol. The van der Waals surface area contributed by atoms with Crippen LogP contribution in [0, 0.1) is 10.8 Å². The van der Waals surface area contributed by atoms with Gasteiger partial charge in [-0.3, -0.25) is 9.59 Å². The number of carbonyl (C=O) groups excluding carboxylic acids is 2. The van der Waals surface area contributed by atoms with Crippen molar-refractivity contribution in [2.24, 2.45) is 10.8 Å². The van der Waals surface area contributed by atoms with Gasteiger partial charge in [-0.25, -0.2) is 0 Å². The van der Waals surface area contributed by atoms with Gasteiger partial charge in [-0.2, -0.15) is 0 Å². The number of hydrogen-bond donors (Lipinski definition) is 0. The molecular formula is C12H22O4. The molecule has 0 bridgehead atoms. The van der Waals surface area contributed by atoms with Gasteiger partial charge in [0.25, 0.3) is 0 Å². The third kappa shape index (κ3) is 2.06. The Morgan fingerprint density at radius 3 is 1.56 bits per heavy atom. The van der Waals surface area contributed by atoms with Gasteiger partial charge in [0.1, 0.15) is 0 Å². The summed E-state index contributed by atoms with van der Waals surface area (Å²) in [4.78, 5) is 23.7. The molecule has 0 fully saturated rings. The third-order valence-corrected chi connectivity index (χ3v) is 3.68. The second-order valence-corrected chi connectivity index (χ2v) is 4.40. The summed E-state index contributed by atoms with van der Waals surface area (Å²) in [5.41, 5.74) is -1.72. The zero-order valence-electron chi connectivity index (χ0n) is 11.0. The second-order valence-electron chi connectivity index (χ2n) is 4.40. The van der Waals surface area contributed by atoms with Gasteiger partial charge >= 0.3 is 11.9 Å². The molecule has 0 atom stereocenters. The van der Waals surface area contributed by atoms with Crippen molar-refractivity contribution in [2.45, 2.75) is 40.5 Å². The molecule has 0 spiro atoms. The SMILES string of the molecule is CCC(CC)(C(=O)OC)C(C)(C)C(=O)OC. The molecule has 0 N–H and O–H groups in total. The van der Waals surface area contributed by atoms with E-state index in [9.17, 15) is 9.59 Å². The molecule has 0 saturated carbocycles. The van der Waals surface area contributed by atoms with Crippen molar-refractivity contribution in [3.63, 3.8) is 0 Å². The molecule has 0 aromatic carbocycles. The van der Waals surface area contributed by atoms with Crippen LogP contribution in [0.15, 0.2) is 0 Å². The first-order valence-corrected chi connectivity index (χ1v) is 5.50. The maximum atomic E-state index is 11.9. The molecule has 0 aliphatic carbocycles. The van der Waals surface area contributed by atoms with Crippen LogP contribution in [0.25, 0.3) is 0 Å². The van der Waals surface area contributed by atoms with E-state index in [-0.39, 0.29) is 11.9 Å². The first kappa shape index (κ1) is 14.9. The summed E-state index contributed by atoms with van der Waals surface area (Å²) in [7, 11) is 2.67. The Labute approximate surface area is 97.3 Å². The van der Waals surface area contributed by atoms with Crippen molar-refractivity contribution in [1.82, 2.24) is 0 Å². The average molecular weight is 230 g/mol. The van der Waals surface area contributed by atoms with Crippen molar-refractivity contribution < 1.29 is 19.1 Å². The van der Waals surface area contributed by atoms with Crippen LogP contribution in [0.1, 0.15) is 40.5 Å². The molecule has 0 rings (SSSR count). The minimum atomic E-state index is -0.891. The number of ether oxygens (including phenoxy) is 2. The molecule has 0 heterocycles. The smallest absolute Gasteiger partial charge is 0.312 e. The molecule has 16 heavy (non-hydrogen) atoms. The number of hydrogen-bond acceptors (Lipinski definition) is 4. The predicted octanol–water partition coefficient (Wildman–Crippen LogP) is 2.17. The molecule has 0 aromatic heterocycles. The van der Waals surface area contributed by atoms with Crippen molar-refractivity contribution in [3.8, 4) is 0 Å². The normalized spacial score (nSPS) is 12.1. The first-order valence-electron chi connectivity index (χ1n) is 5.50. The highest BCUT2D eigenvalue weighted by atomic mass is 16.5. The van der Waals surface area contributed by atoms with Gasteiger partial charge in [-0.05, 0) is 26.7 Å². The molecule has 0 amide bonds. The Bertz CT molecular complexity index is 264. The molecule has 0 aliphatic rings. The Kier molecular flexibility index (Phi) is 4.97. The lowest BCUT2D eigenvalue weighted by molar-refractivity contribution is -0.176. The number of methoxy groups -OCH3 is 2. The molecule has 4 heteroatoms. The van der Waals surface area contributed by atoms with Gasteiger partial charge in [0.05, 0.1) is 25.0 Å². The van der Waals surface area contributed by atoms with E-state index in [1.807, 2.05) is 13.8 Å². The summed E-state index contributed by atoms with van der Waals surface area (Å²) in [5.74, 6) is -0.741. The van der Waals surface area contributed by atoms with Crippen LogP contribution < -0.4 is 0 Å². The van der Waals surface area contributed by atoms with E-state index in [4.69, 9.17) is 9.47 Å². The van der Waals surface area contributed by atoms with E-state index >= 15 is 0 Å². The highest BCUT2D eigenvalue weighted by Crippen LogP contribution is 2.46. The van der Waals surface area contributed by atoms with Gasteiger partial charge in [0, 0.05) is 0 Å². The van der Waals surface area contributed by atoms with E-state index in [2.05, 4.69) is 0 Å². The Balaban J connectivity index is 5.50. The fourth-order valence-corrected chi connectivity index (χ4v) is 2.32. The molecule has 0 radical (unpaired) electrons. The van der Waals surface area contributed by atoms with Crippen LogP contribution >= 0.6 is 0 Å². The topological polar surface area (TPSA) is 52.6 Å². The highest BCUT2D eigenvalue weighted by molar-refractivity contribution is 5.87. The fraction of sp³-hybridized carbons (Fsp3) is 0.833. The van der Waals surface area contributed by atoms with E-state index < -0.39 is 10.8 Å². The highest BCUT2D eigenvalue weighted by Gasteiger charge is 2.54. The van der Waals surface area contributed by atoms with Crippen molar-refractivity contribution in [2.75, 3.05) is 14.2 Å². The largest absolute Gasteiger partial charge is 0.469 e. The molecular weight excluding hydrogens is 208 g/mol. The zero-order valence-corrected chi connectivity index (χ0v) is 11.0. The van der Waals surface area contributed by atoms with E-state index in [1.165, 1.54) is 14.2 Å². The maximum Gasteiger partial charge on any atom is 0.312 e. The van der Waals surface area contributed by atoms with E-state index in [1.54, 1.807) is 13.8 Å². The molecule has 0 unspecified atom stereocenters. The molecule has 94 valence electrons. The summed E-state index contributed by atoms with van der Waals surface area (Å²) < 4.78 is 9.60. The average Bonchev–Trinajstić information content (AvgIpc) is 2.29. The van der Waals surface area contributed by atoms with Gasteiger partial charge in [-0.1, -0.05) is 13.8 Å². The first-order chi connectivity index (χ1) is 7.33. The van der Waals surface area contributed by atoms with Gasteiger partial charge < -0.3 is 9.47 Å².